The summed E-state index contributed by atoms with van der Waals surface area (Å²) in [5.41, 5.74) is 1.74. The number of fused-ring (bicyclic) bond motifs is 2. The summed E-state index contributed by atoms with van der Waals surface area (Å²) in [7, 11) is 0. The van der Waals surface area contributed by atoms with Crippen molar-refractivity contribution in [3.63, 3.8) is 0 Å². The molecule has 0 atom stereocenters. The highest BCUT2D eigenvalue weighted by Crippen LogP contribution is 2.23. The predicted molar refractivity (Wildman–Crippen MR) is 103 cm³/mol. The molecule has 0 saturated carbocycles. The van der Waals surface area contributed by atoms with Crippen molar-refractivity contribution in [2.45, 2.75) is 0 Å². The molecule has 2 N–H and O–H groups in total. The molecule has 3 aromatic carbocycles. The third kappa shape index (κ3) is 2.98. The number of hydrogen-bond donors (Lipinski definition) is 2. The molecular weight excluding hydrogens is 326 g/mol. The summed E-state index contributed by atoms with van der Waals surface area (Å²) in [6, 6.07) is 22.4. The van der Waals surface area contributed by atoms with Gasteiger partial charge in [0.1, 0.15) is 0 Å². The Kier molecular flexibility index (Phi) is 4.03. The van der Waals surface area contributed by atoms with E-state index in [2.05, 4.69) is 15.6 Å². The van der Waals surface area contributed by atoms with Crippen molar-refractivity contribution < 1.29 is 9.59 Å². The van der Waals surface area contributed by atoms with Crippen LogP contribution in [0.15, 0.2) is 79.0 Å². The number of benzene rings is 3. The quantitative estimate of drug-likeness (QED) is 0.542. The van der Waals surface area contributed by atoms with Crippen molar-refractivity contribution in [2.75, 3.05) is 10.6 Å². The Balaban J connectivity index is 1.57. The van der Waals surface area contributed by atoms with Crippen molar-refractivity contribution >= 4 is 44.9 Å². The largest absolute Gasteiger partial charge is 0.317 e. The van der Waals surface area contributed by atoms with E-state index < -0.39 is 11.8 Å². The molecule has 1 aromatic heterocycles. The van der Waals surface area contributed by atoms with Crippen LogP contribution in [-0.2, 0) is 9.59 Å². The molecule has 26 heavy (non-hydrogen) atoms. The van der Waals surface area contributed by atoms with Crippen LogP contribution in [-0.4, -0.2) is 16.8 Å². The van der Waals surface area contributed by atoms with Crippen molar-refractivity contribution in [2.24, 2.45) is 0 Å². The number of carbonyl (C=O) groups is 2. The van der Waals surface area contributed by atoms with Crippen molar-refractivity contribution in [3.05, 3.63) is 79.0 Å². The van der Waals surface area contributed by atoms with Crippen LogP contribution in [0.25, 0.3) is 21.7 Å². The van der Waals surface area contributed by atoms with Gasteiger partial charge in [0.2, 0.25) is 0 Å². The first-order valence-corrected chi connectivity index (χ1v) is 8.16. The van der Waals surface area contributed by atoms with Gasteiger partial charge in [-0.2, -0.15) is 0 Å². The van der Waals surface area contributed by atoms with Crippen LogP contribution in [0.5, 0.6) is 0 Å². The molecule has 5 heteroatoms. The Bertz CT molecular complexity index is 1040. The molecule has 0 aliphatic carbocycles. The lowest BCUT2D eigenvalue weighted by atomic mass is 10.1. The van der Waals surface area contributed by atoms with Crippen LogP contribution in [0.1, 0.15) is 0 Å². The smallest absolute Gasteiger partial charge is 0.314 e. The summed E-state index contributed by atoms with van der Waals surface area (Å²) in [6.45, 7) is 0. The third-order valence-corrected chi connectivity index (χ3v) is 4.12. The van der Waals surface area contributed by atoms with Gasteiger partial charge in [-0.25, -0.2) is 0 Å². The fourth-order valence-corrected chi connectivity index (χ4v) is 2.90. The number of nitrogens with one attached hydrogen (secondary N) is 2. The molecule has 1 heterocycles. The van der Waals surface area contributed by atoms with Crippen LogP contribution in [0, 0.1) is 0 Å². The number of aromatic nitrogens is 1. The number of para-hydroxylation sites is 1. The van der Waals surface area contributed by atoms with Gasteiger partial charge < -0.3 is 10.6 Å². The Morgan fingerprint density at radius 1 is 0.654 bits per heavy atom. The summed E-state index contributed by atoms with van der Waals surface area (Å²) in [4.78, 5) is 29.0. The summed E-state index contributed by atoms with van der Waals surface area (Å²) in [5, 5.41) is 8.08. The normalized spacial score (nSPS) is 10.6. The van der Waals surface area contributed by atoms with Crippen LogP contribution in [0.2, 0.25) is 0 Å². The van der Waals surface area contributed by atoms with Crippen molar-refractivity contribution in [1.82, 2.24) is 4.98 Å². The highest BCUT2D eigenvalue weighted by atomic mass is 16.2. The van der Waals surface area contributed by atoms with Crippen LogP contribution < -0.4 is 10.6 Å². The van der Waals surface area contributed by atoms with Gasteiger partial charge in [0.15, 0.2) is 0 Å². The van der Waals surface area contributed by atoms with Crippen LogP contribution >= 0.6 is 0 Å². The SMILES string of the molecule is O=C(Nc1cccc2ccccc12)C(=O)Nc1cccc2cccnc12. The number of rotatable bonds is 2. The van der Waals surface area contributed by atoms with Gasteiger partial charge in [-0.05, 0) is 23.6 Å². The van der Waals surface area contributed by atoms with E-state index >= 15 is 0 Å². The number of pyridine rings is 1. The maximum atomic E-state index is 12.4. The van der Waals surface area contributed by atoms with Gasteiger partial charge in [-0.3, -0.25) is 14.6 Å². The lowest BCUT2D eigenvalue weighted by Gasteiger charge is -2.10. The van der Waals surface area contributed by atoms with Crippen LogP contribution in [0.3, 0.4) is 0 Å². The Hall–Kier alpha value is -3.73. The van der Waals surface area contributed by atoms with E-state index in [1.54, 1.807) is 18.3 Å². The minimum Gasteiger partial charge on any atom is -0.317 e. The van der Waals surface area contributed by atoms with E-state index in [-0.39, 0.29) is 0 Å². The van der Waals surface area contributed by atoms with E-state index in [0.29, 0.717) is 16.9 Å². The van der Waals surface area contributed by atoms with E-state index in [9.17, 15) is 9.59 Å². The summed E-state index contributed by atoms with van der Waals surface area (Å²) in [6.07, 6.45) is 1.65. The Labute approximate surface area is 149 Å². The number of carbonyl (C=O) groups excluding carboxylic acids is 2. The molecule has 4 aromatic rings. The third-order valence-electron chi connectivity index (χ3n) is 4.12. The van der Waals surface area contributed by atoms with E-state index in [0.717, 1.165) is 16.2 Å². The van der Waals surface area contributed by atoms with E-state index in [1.165, 1.54) is 0 Å². The average Bonchev–Trinajstić information content (AvgIpc) is 2.68. The molecular formula is C21H15N3O2. The first kappa shape index (κ1) is 15.8. The van der Waals surface area contributed by atoms with Crippen LogP contribution in [0.4, 0.5) is 11.4 Å². The fourth-order valence-electron chi connectivity index (χ4n) is 2.90. The highest BCUT2D eigenvalue weighted by Gasteiger charge is 2.16. The molecule has 0 spiro atoms. The second kappa shape index (κ2) is 6.64. The first-order valence-electron chi connectivity index (χ1n) is 8.16. The number of nitrogens with zero attached hydrogens (tertiary/aromatic N) is 1. The number of anilines is 2. The molecule has 0 fully saturated rings. The first-order chi connectivity index (χ1) is 12.7. The number of amides is 2. The average molecular weight is 341 g/mol. The molecule has 0 unspecified atom stereocenters. The molecule has 5 nitrogen and oxygen atoms in total. The lowest BCUT2D eigenvalue weighted by molar-refractivity contribution is -0.132. The molecule has 0 saturated heterocycles. The zero-order chi connectivity index (χ0) is 17.9. The topological polar surface area (TPSA) is 71.1 Å². The van der Waals surface area contributed by atoms with E-state index in [4.69, 9.17) is 0 Å². The summed E-state index contributed by atoms with van der Waals surface area (Å²) >= 11 is 0. The fraction of sp³-hybridized carbons (Fsp3) is 0. The molecule has 0 aliphatic rings. The second-order valence-corrected chi connectivity index (χ2v) is 5.82. The zero-order valence-electron chi connectivity index (χ0n) is 13.8. The molecule has 126 valence electrons. The summed E-state index contributed by atoms with van der Waals surface area (Å²) < 4.78 is 0. The van der Waals surface area contributed by atoms with Gasteiger partial charge in [0, 0.05) is 22.7 Å². The Morgan fingerprint density at radius 3 is 2.12 bits per heavy atom. The molecule has 2 amide bonds. The maximum Gasteiger partial charge on any atom is 0.314 e. The predicted octanol–water partition coefficient (Wildman–Crippen LogP) is 3.97. The molecule has 0 bridgehead atoms. The molecule has 0 radical (unpaired) electrons. The summed E-state index contributed by atoms with van der Waals surface area (Å²) in [5.74, 6) is -1.47. The van der Waals surface area contributed by atoms with Crippen molar-refractivity contribution in [1.29, 1.82) is 0 Å². The standard InChI is InChI=1S/C21H15N3O2/c25-20(23-17-11-3-7-14-6-1-2-10-16(14)17)21(26)24-18-12-4-8-15-9-5-13-22-19(15)18/h1-13H,(H,23,25)(H,24,26). The lowest BCUT2D eigenvalue weighted by Crippen LogP contribution is -2.29. The van der Waals surface area contributed by atoms with E-state index in [1.807, 2.05) is 60.7 Å². The number of hydrogen-bond acceptors (Lipinski definition) is 3. The molecule has 4 rings (SSSR count). The Morgan fingerprint density at radius 2 is 1.27 bits per heavy atom. The minimum absolute atomic E-state index is 0.501. The van der Waals surface area contributed by atoms with Gasteiger partial charge in [0.05, 0.1) is 11.2 Å². The monoisotopic (exact) mass is 341 g/mol. The minimum atomic E-state index is -0.740. The van der Waals surface area contributed by atoms with Gasteiger partial charge in [-0.15, -0.1) is 0 Å². The molecule has 0 aliphatic heterocycles. The highest BCUT2D eigenvalue weighted by molar-refractivity contribution is 6.44. The zero-order valence-corrected chi connectivity index (χ0v) is 13.8. The van der Waals surface area contributed by atoms with Gasteiger partial charge in [-0.1, -0.05) is 54.6 Å². The van der Waals surface area contributed by atoms with Crippen molar-refractivity contribution in [3.8, 4) is 0 Å². The second-order valence-electron chi connectivity index (χ2n) is 5.82. The van der Waals surface area contributed by atoms with Gasteiger partial charge in [0.25, 0.3) is 0 Å². The maximum absolute atomic E-state index is 12.4. The van der Waals surface area contributed by atoms with Gasteiger partial charge >= 0.3 is 11.8 Å².